The van der Waals surface area contributed by atoms with Gasteiger partial charge >= 0.3 is 5.97 Å². The fourth-order valence-corrected chi connectivity index (χ4v) is 2.07. The monoisotopic (exact) mass is 297 g/mol. The summed E-state index contributed by atoms with van der Waals surface area (Å²) in [4.78, 5) is 13.4. The average Bonchev–Trinajstić information content (AvgIpc) is 2.48. The minimum absolute atomic E-state index is 0.00492. The smallest absolute Gasteiger partial charge is 0.320 e. The van der Waals surface area contributed by atoms with Crippen LogP contribution in [0.25, 0.3) is 0 Å². The van der Waals surface area contributed by atoms with Gasteiger partial charge in [-0.3, -0.25) is 9.69 Å². The summed E-state index contributed by atoms with van der Waals surface area (Å²) in [7, 11) is 0. The molecule has 0 aliphatic carbocycles. The van der Waals surface area contributed by atoms with Crippen molar-refractivity contribution in [2.45, 2.75) is 18.9 Å². The molecule has 0 amide bonds. The maximum Gasteiger partial charge on any atom is 0.320 e. The molecule has 1 aliphatic rings. The van der Waals surface area contributed by atoms with Crippen LogP contribution in [0.15, 0.2) is 30.3 Å². The Hall–Kier alpha value is -1.50. The third-order valence-electron chi connectivity index (χ3n) is 3.29. The molecule has 0 radical (unpaired) electrons. The van der Waals surface area contributed by atoms with Gasteiger partial charge in [-0.25, -0.2) is 4.39 Å². The predicted octanol–water partition coefficient (Wildman–Crippen LogP) is 0.761. The van der Waals surface area contributed by atoms with Crippen molar-refractivity contribution in [2.75, 3.05) is 32.8 Å². The third kappa shape index (κ3) is 5.41. The second-order valence-corrected chi connectivity index (χ2v) is 5.04. The molecule has 2 rings (SSSR count). The van der Waals surface area contributed by atoms with Crippen LogP contribution in [0.5, 0.6) is 0 Å². The summed E-state index contributed by atoms with van der Waals surface area (Å²) < 4.78 is 23.9. The highest BCUT2D eigenvalue weighted by atomic mass is 19.1. The SMILES string of the molecule is O=C(CN1CCOC[C@H](O)[C@@H](F)C1)OCc1ccccc1. The second-order valence-electron chi connectivity index (χ2n) is 5.04. The Labute approximate surface area is 123 Å². The standard InChI is InChI=1S/C15H20FNO4/c16-13-8-17(6-7-20-11-14(13)18)9-15(19)21-10-12-4-2-1-3-5-12/h1-5,13-14,18H,6-11H2/t13-,14-/m0/s1. The van der Waals surface area contributed by atoms with Crippen LogP contribution in [0.4, 0.5) is 4.39 Å². The molecule has 0 saturated carbocycles. The third-order valence-corrected chi connectivity index (χ3v) is 3.29. The molecule has 21 heavy (non-hydrogen) atoms. The maximum absolute atomic E-state index is 13.6. The van der Waals surface area contributed by atoms with Crippen LogP contribution < -0.4 is 0 Å². The normalized spacial score (nSPS) is 24.1. The number of carbonyl (C=O) groups excluding carboxylic acids is 1. The second kappa shape index (κ2) is 8.07. The van der Waals surface area contributed by atoms with Crippen LogP contribution in [-0.2, 0) is 20.9 Å². The van der Waals surface area contributed by atoms with E-state index in [1.54, 1.807) is 4.90 Å². The Kier molecular flexibility index (Phi) is 6.10. The maximum atomic E-state index is 13.6. The van der Waals surface area contributed by atoms with Crippen molar-refractivity contribution in [3.63, 3.8) is 0 Å². The molecule has 5 nitrogen and oxygen atoms in total. The molecule has 116 valence electrons. The zero-order valence-electron chi connectivity index (χ0n) is 11.8. The first-order chi connectivity index (χ1) is 10.1. The molecule has 1 saturated heterocycles. The highest BCUT2D eigenvalue weighted by Gasteiger charge is 2.25. The molecule has 6 heteroatoms. The molecule has 1 N–H and O–H groups in total. The van der Waals surface area contributed by atoms with Crippen molar-refractivity contribution in [1.82, 2.24) is 4.90 Å². The van der Waals surface area contributed by atoms with E-state index in [1.807, 2.05) is 30.3 Å². The fourth-order valence-electron chi connectivity index (χ4n) is 2.07. The summed E-state index contributed by atoms with van der Waals surface area (Å²) in [6, 6.07) is 9.36. The lowest BCUT2D eigenvalue weighted by atomic mass is 10.2. The molecule has 1 fully saturated rings. The molecule has 0 bridgehead atoms. The summed E-state index contributed by atoms with van der Waals surface area (Å²) in [5.41, 5.74) is 0.903. The fraction of sp³-hybridized carbons (Fsp3) is 0.533. The van der Waals surface area contributed by atoms with E-state index in [0.717, 1.165) is 5.56 Å². The number of aliphatic hydroxyl groups excluding tert-OH is 1. The Morgan fingerprint density at radius 2 is 2.19 bits per heavy atom. The number of rotatable bonds is 4. The van der Waals surface area contributed by atoms with Gasteiger partial charge in [0.1, 0.15) is 18.9 Å². The number of carbonyl (C=O) groups is 1. The van der Waals surface area contributed by atoms with Gasteiger partial charge in [0.2, 0.25) is 0 Å². The molecule has 1 heterocycles. The quantitative estimate of drug-likeness (QED) is 0.832. The minimum Gasteiger partial charge on any atom is -0.460 e. The van der Waals surface area contributed by atoms with Gasteiger partial charge in [0.15, 0.2) is 0 Å². The molecule has 2 atom stereocenters. The summed E-state index contributed by atoms with van der Waals surface area (Å²) in [5, 5.41) is 9.44. The number of aliphatic hydroxyl groups is 1. The van der Waals surface area contributed by atoms with E-state index in [1.165, 1.54) is 0 Å². The number of halogens is 1. The number of benzene rings is 1. The topological polar surface area (TPSA) is 59.0 Å². The Morgan fingerprint density at radius 1 is 1.43 bits per heavy atom. The number of hydrogen-bond donors (Lipinski definition) is 1. The zero-order chi connectivity index (χ0) is 15.1. The van der Waals surface area contributed by atoms with Crippen molar-refractivity contribution in [2.24, 2.45) is 0 Å². The summed E-state index contributed by atoms with van der Waals surface area (Å²) >= 11 is 0. The van der Waals surface area contributed by atoms with Crippen molar-refractivity contribution in [3.8, 4) is 0 Å². The van der Waals surface area contributed by atoms with Gasteiger partial charge in [-0.15, -0.1) is 0 Å². The number of alkyl halides is 1. The largest absolute Gasteiger partial charge is 0.460 e. The molecular weight excluding hydrogens is 277 g/mol. The Balaban J connectivity index is 1.78. The first-order valence-electron chi connectivity index (χ1n) is 6.97. The molecule has 0 aromatic heterocycles. The molecule has 1 aliphatic heterocycles. The molecule has 1 aromatic rings. The lowest BCUT2D eigenvalue weighted by Crippen LogP contribution is -2.45. The predicted molar refractivity (Wildman–Crippen MR) is 74.4 cm³/mol. The van der Waals surface area contributed by atoms with Crippen molar-refractivity contribution >= 4 is 5.97 Å². The van der Waals surface area contributed by atoms with Gasteiger partial charge in [-0.2, -0.15) is 0 Å². The van der Waals surface area contributed by atoms with Crippen molar-refractivity contribution in [1.29, 1.82) is 0 Å². The van der Waals surface area contributed by atoms with Crippen LogP contribution in [-0.4, -0.2) is 61.1 Å². The van der Waals surface area contributed by atoms with Crippen LogP contribution in [0.2, 0.25) is 0 Å². The van der Waals surface area contributed by atoms with Gasteiger partial charge in [-0.05, 0) is 5.56 Å². The van der Waals surface area contributed by atoms with E-state index in [9.17, 15) is 14.3 Å². The zero-order valence-corrected chi connectivity index (χ0v) is 11.8. The minimum atomic E-state index is -1.42. The molecule has 0 unspecified atom stereocenters. The average molecular weight is 297 g/mol. The van der Waals surface area contributed by atoms with Crippen molar-refractivity contribution < 1.29 is 23.8 Å². The van der Waals surface area contributed by atoms with Gasteiger partial charge in [0.05, 0.1) is 19.8 Å². The van der Waals surface area contributed by atoms with Gasteiger partial charge in [0.25, 0.3) is 0 Å². The summed E-state index contributed by atoms with van der Waals surface area (Å²) in [6.07, 6.45) is -2.57. The van der Waals surface area contributed by atoms with E-state index in [4.69, 9.17) is 9.47 Å². The van der Waals surface area contributed by atoms with Crippen LogP contribution in [0.1, 0.15) is 5.56 Å². The number of esters is 1. The summed E-state index contributed by atoms with van der Waals surface area (Å²) in [6.45, 7) is 0.983. The van der Waals surface area contributed by atoms with Gasteiger partial charge in [0, 0.05) is 13.1 Å². The van der Waals surface area contributed by atoms with Crippen LogP contribution >= 0.6 is 0 Å². The number of ether oxygens (including phenoxy) is 2. The van der Waals surface area contributed by atoms with E-state index in [-0.39, 0.29) is 26.3 Å². The Bertz CT molecular complexity index is 443. The van der Waals surface area contributed by atoms with E-state index < -0.39 is 18.2 Å². The summed E-state index contributed by atoms with van der Waals surface area (Å²) in [5.74, 6) is -0.416. The van der Waals surface area contributed by atoms with E-state index in [2.05, 4.69) is 0 Å². The lowest BCUT2D eigenvalue weighted by molar-refractivity contribution is -0.147. The van der Waals surface area contributed by atoms with Crippen LogP contribution in [0, 0.1) is 0 Å². The van der Waals surface area contributed by atoms with Crippen LogP contribution in [0.3, 0.4) is 0 Å². The number of hydrogen-bond acceptors (Lipinski definition) is 5. The van der Waals surface area contributed by atoms with E-state index in [0.29, 0.717) is 13.2 Å². The van der Waals surface area contributed by atoms with Gasteiger partial charge < -0.3 is 14.6 Å². The molecule has 1 aromatic carbocycles. The molecular formula is C15H20FNO4. The number of nitrogens with zero attached hydrogens (tertiary/aromatic N) is 1. The first kappa shape index (κ1) is 15.9. The highest BCUT2D eigenvalue weighted by Crippen LogP contribution is 2.08. The molecule has 0 spiro atoms. The van der Waals surface area contributed by atoms with E-state index >= 15 is 0 Å². The van der Waals surface area contributed by atoms with Gasteiger partial charge in [-0.1, -0.05) is 30.3 Å². The lowest BCUT2D eigenvalue weighted by Gasteiger charge is -2.28. The van der Waals surface area contributed by atoms with Crippen molar-refractivity contribution in [3.05, 3.63) is 35.9 Å². The highest BCUT2D eigenvalue weighted by molar-refractivity contribution is 5.71. The first-order valence-corrected chi connectivity index (χ1v) is 6.97. The Morgan fingerprint density at radius 3 is 2.95 bits per heavy atom.